The second-order valence-corrected chi connectivity index (χ2v) is 6.28. The molecule has 0 amide bonds. The van der Waals surface area contributed by atoms with Crippen molar-refractivity contribution in [3.05, 3.63) is 52.1 Å². The molecule has 4 rings (SSSR count). The van der Waals surface area contributed by atoms with Crippen LogP contribution in [0.2, 0.25) is 0 Å². The highest BCUT2D eigenvalue weighted by Crippen LogP contribution is 2.32. The van der Waals surface area contributed by atoms with E-state index in [9.17, 15) is 23.3 Å². The first kappa shape index (κ1) is 17.2. The number of fused-ring (bicyclic) bond motifs is 1. The van der Waals surface area contributed by atoms with Crippen molar-refractivity contribution in [2.24, 2.45) is 0 Å². The van der Waals surface area contributed by atoms with Crippen LogP contribution < -0.4 is 5.32 Å². The molecular weight excluding hydrogens is 365 g/mol. The van der Waals surface area contributed by atoms with E-state index in [4.69, 9.17) is 0 Å². The van der Waals surface area contributed by atoms with E-state index in [1.807, 2.05) is 0 Å². The molecule has 1 aromatic carbocycles. The summed E-state index contributed by atoms with van der Waals surface area (Å²) in [5.74, 6) is -1.17. The largest absolute Gasteiger partial charge is 0.451 e. The number of rotatable bonds is 5. The molecule has 1 N–H and O–H groups in total. The van der Waals surface area contributed by atoms with E-state index in [1.165, 1.54) is 23.0 Å². The number of hydrogen-bond acceptors (Lipinski definition) is 6. The Hall–Kier alpha value is -3.24. The van der Waals surface area contributed by atoms with Gasteiger partial charge in [0.05, 0.1) is 17.8 Å². The number of imidazole rings is 1. The summed E-state index contributed by atoms with van der Waals surface area (Å²) in [6, 6.07) is 5.86. The highest BCUT2D eigenvalue weighted by Gasteiger charge is 2.37. The lowest BCUT2D eigenvalue weighted by Gasteiger charge is -2.10. The third-order valence-electron chi connectivity index (χ3n) is 4.14. The van der Waals surface area contributed by atoms with E-state index < -0.39 is 16.9 Å². The van der Waals surface area contributed by atoms with Crippen molar-refractivity contribution in [2.75, 3.05) is 5.32 Å². The number of non-ortho nitro benzene ring substituents is 1. The van der Waals surface area contributed by atoms with Gasteiger partial charge in [-0.15, -0.1) is 0 Å². The molecule has 0 saturated heterocycles. The first-order valence-corrected chi connectivity index (χ1v) is 8.11. The monoisotopic (exact) mass is 378 g/mol. The molecule has 2 aromatic heterocycles. The zero-order valence-electron chi connectivity index (χ0n) is 13.8. The van der Waals surface area contributed by atoms with Crippen LogP contribution in [0.3, 0.4) is 0 Å². The minimum absolute atomic E-state index is 0.0545. The van der Waals surface area contributed by atoms with Crippen molar-refractivity contribution < 1.29 is 18.1 Å². The Bertz CT molecular complexity index is 1010. The van der Waals surface area contributed by atoms with Crippen molar-refractivity contribution >= 4 is 22.7 Å². The Kier molecular flexibility index (Phi) is 3.93. The molecule has 0 unspecified atom stereocenters. The van der Waals surface area contributed by atoms with E-state index in [0.717, 1.165) is 12.8 Å². The maximum atomic E-state index is 13.2. The molecule has 0 bridgehead atoms. The van der Waals surface area contributed by atoms with Crippen molar-refractivity contribution in [3.8, 4) is 0 Å². The summed E-state index contributed by atoms with van der Waals surface area (Å²) in [6.45, 7) is 0.172. The Morgan fingerprint density at radius 2 is 1.93 bits per heavy atom. The van der Waals surface area contributed by atoms with Gasteiger partial charge in [-0.2, -0.15) is 13.2 Å². The van der Waals surface area contributed by atoms with Gasteiger partial charge in [-0.3, -0.25) is 10.1 Å². The first-order chi connectivity index (χ1) is 12.8. The number of nitrogens with one attached hydrogen (secondary N) is 1. The van der Waals surface area contributed by atoms with Gasteiger partial charge in [0.2, 0.25) is 5.82 Å². The number of benzene rings is 1. The van der Waals surface area contributed by atoms with E-state index in [0.29, 0.717) is 5.56 Å². The minimum Gasteiger partial charge on any atom is -0.365 e. The fourth-order valence-corrected chi connectivity index (χ4v) is 2.63. The second-order valence-electron chi connectivity index (χ2n) is 6.28. The zero-order chi connectivity index (χ0) is 19.2. The summed E-state index contributed by atoms with van der Waals surface area (Å²) in [4.78, 5) is 21.6. The lowest BCUT2D eigenvalue weighted by atomic mass is 10.2. The standard InChI is InChI=1S/C16H13F3N6O2/c17-16(18,19)15-22-13(21-10-3-4-10)12-14(23-15)24(8-20-12)7-9-1-5-11(6-2-9)25(26)27/h1-2,5-6,8,10H,3-4,7H2,(H,21,22,23). The molecule has 1 fully saturated rings. The summed E-state index contributed by atoms with van der Waals surface area (Å²) in [5, 5.41) is 13.7. The minimum atomic E-state index is -4.68. The average molecular weight is 378 g/mol. The van der Waals surface area contributed by atoms with E-state index >= 15 is 0 Å². The maximum Gasteiger partial charge on any atom is 0.451 e. The molecule has 0 aliphatic heterocycles. The van der Waals surface area contributed by atoms with Crippen LogP contribution in [-0.4, -0.2) is 30.5 Å². The number of halogens is 3. The summed E-state index contributed by atoms with van der Waals surface area (Å²) >= 11 is 0. The Labute approximate surface area is 150 Å². The molecule has 0 radical (unpaired) electrons. The van der Waals surface area contributed by atoms with Crippen LogP contribution in [0.15, 0.2) is 30.6 Å². The van der Waals surface area contributed by atoms with Crippen molar-refractivity contribution in [1.82, 2.24) is 19.5 Å². The van der Waals surface area contributed by atoms with Gasteiger partial charge in [0, 0.05) is 18.2 Å². The van der Waals surface area contributed by atoms with E-state index in [2.05, 4.69) is 20.3 Å². The van der Waals surface area contributed by atoms with Crippen molar-refractivity contribution in [1.29, 1.82) is 0 Å². The molecule has 11 heteroatoms. The topological polar surface area (TPSA) is 98.8 Å². The van der Waals surface area contributed by atoms with Gasteiger partial charge in [0.1, 0.15) is 5.52 Å². The van der Waals surface area contributed by atoms with Crippen LogP contribution in [-0.2, 0) is 12.7 Å². The smallest absolute Gasteiger partial charge is 0.365 e. The molecule has 27 heavy (non-hydrogen) atoms. The Balaban J connectivity index is 1.73. The van der Waals surface area contributed by atoms with Gasteiger partial charge >= 0.3 is 6.18 Å². The summed E-state index contributed by atoms with van der Waals surface area (Å²) in [5.41, 5.74) is 0.922. The summed E-state index contributed by atoms with van der Waals surface area (Å²) in [7, 11) is 0. The highest BCUT2D eigenvalue weighted by molar-refractivity contribution is 5.83. The third kappa shape index (κ3) is 3.52. The number of alkyl halides is 3. The van der Waals surface area contributed by atoms with Crippen LogP contribution >= 0.6 is 0 Å². The lowest BCUT2D eigenvalue weighted by Crippen LogP contribution is -2.15. The molecule has 1 aliphatic carbocycles. The van der Waals surface area contributed by atoms with Gasteiger partial charge in [-0.05, 0) is 18.4 Å². The maximum absolute atomic E-state index is 13.2. The molecule has 140 valence electrons. The number of nitrogens with zero attached hydrogens (tertiary/aromatic N) is 5. The molecule has 3 aromatic rings. The van der Waals surface area contributed by atoms with Crippen molar-refractivity contribution in [3.63, 3.8) is 0 Å². The molecular formula is C16H13F3N6O2. The van der Waals surface area contributed by atoms with E-state index in [1.54, 1.807) is 12.1 Å². The average Bonchev–Trinajstić information content (AvgIpc) is 3.34. The Morgan fingerprint density at radius 3 is 2.52 bits per heavy atom. The van der Waals surface area contributed by atoms with Crippen LogP contribution in [0.1, 0.15) is 24.2 Å². The van der Waals surface area contributed by atoms with Gasteiger partial charge in [-0.25, -0.2) is 15.0 Å². The molecule has 1 aliphatic rings. The van der Waals surface area contributed by atoms with Crippen LogP contribution in [0.5, 0.6) is 0 Å². The number of nitro groups is 1. The molecule has 1 saturated carbocycles. The number of anilines is 1. The quantitative estimate of drug-likeness (QED) is 0.540. The van der Waals surface area contributed by atoms with Crippen LogP contribution in [0.4, 0.5) is 24.7 Å². The van der Waals surface area contributed by atoms with Gasteiger partial charge in [0.25, 0.3) is 5.69 Å². The number of nitro benzene ring substituents is 1. The van der Waals surface area contributed by atoms with Gasteiger partial charge < -0.3 is 9.88 Å². The predicted molar refractivity (Wildman–Crippen MR) is 89.2 cm³/mol. The second kappa shape index (κ2) is 6.18. The SMILES string of the molecule is O=[N+]([O-])c1ccc(Cn2cnc3c(NC4CC4)nc(C(F)(F)F)nc32)cc1. The fourth-order valence-electron chi connectivity index (χ4n) is 2.63. The molecule has 2 heterocycles. The predicted octanol–water partition coefficient (Wildman–Crippen LogP) is 3.38. The summed E-state index contributed by atoms with van der Waals surface area (Å²) < 4.78 is 41.0. The number of aromatic nitrogens is 4. The lowest BCUT2D eigenvalue weighted by molar-refractivity contribution is -0.384. The van der Waals surface area contributed by atoms with Crippen LogP contribution in [0, 0.1) is 10.1 Å². The van der Waals surface area contributed by atoms with Crippen LogP contribution in [0.25, 0.3) is 11.2 Å². The number of hydrogen-bond donors (Lipinski definition) is 1. The zero-order valence-corrected chi connectivity index (χ0v) is 13.8. The molecule has 0 atom stereocenters. The Morgan fingerprint density at radius 1 is 1.22 bits per heavy atom. The van der Waals surface area contributed by atoms with Gasteiger partial charge in [0.15, 0.2) is 11.5 Å². The highest BCUT2D eigenvalue weighted by atomic mass is 19.4. The molecule has 0 spiro atoms. The summed E-state index contributed by atoms with van der Waals surface area (Å²) in [6.07, 6.45) is -1.55. The first-order valence-electron chi connectivity index (χ1n) is 8.11. The third-order valence-corrected chi connectivity index (χ3v) is 4.14. The molecule has 8 nitrogen and oxygen atoms in total. The van der Waals surface area contributed by atoms with E-state index in [-0.39, 0.29) is 35.3 Å². The normalized spacial score (nSPS) is 14.5. The van der Waals surface area contributed by atoms with Crippen molar-refractivity contribution in [2.45, 2.75) is 31.6 Å². The van der Waals surface area contributed by atoms with Gasteiger partial charge in [-0.1, -0.05) is 12.1 Å². The fraction of sp³-hybridized carbons (Fsp3) is 0.312.